The van der Waals surface area contributed by atoms with Crippen LogP contribution < -0.4 is 9.88 Å². The lowest BCUT2D eigenvalue weighted by molar-refractivity contribution is -0.716. The Kier molecular flexibility index (Phi) is 7.03. The third-order valence-corrected chi connectivity index (χ3v) is 8.55. The molecule has 2 aliphatic carbocycles. The van der Waals surface area contributed by atoms with E-state index in [-0.39, 0.29) is 0 Å². The summed E-state index contributed by atoms with van der Waals surface area (Å²) >= 11 is 0. The van der Waals surface area contributed by atoms with E-state index in [4.69, 9.17) is 15.0 Å². The predicted molar refractivity (Wildman–Crippen MR) is 144 cm³/mol. The molecular formula is C29H43N6O+. The van der Waals surface area contributed by atoms with E-state index >= 15 is 0 Å². The van der Waals surface area contributed by atoms with Gasteiger partial charge in [-0.05, 0) is 56.4 Å². The third kappa shape index (κ3) is 4.74. The Bertz CT molecular complexity index is 1230. The van der Waals surface area contributed by atoms with E-state index in [2.05, 4.69) is 67.5 Å². The van der Waals surface area contributed by atoms with Crippen LogP contribution in [0.15, 0.2) is 18.3 Å². The molecule has 0 amide bonds. The second-order valence-corrected chi connectivity index (χ2v) is 11.7. The lowest BCUT2D eigenvalue weighted by Gasteiger charge is -2.32. The van der Waals surface area contributed by atoms with Crippen LogP contribution in [0.2, 0.25) is 0 Å². The molecule has 2 aliphatic rings. The van der Waals surface area contributed by atoms with E-state index in [1.807, 2.05) is 0 Å². The normalized spacial score (nSPS) is 22.6. The Balaban J connectivity index is 1.66. The molecule has 4 unspecified atom stereocenters. The molecule has 0 aliphatic heterocycles. The van der Waals surface area contributed by atoms with Crippen LogP contribution in [0.5, 0.6) is 0 Å². The second kappa shape index (κ2) is 10.1. The fourth-order valence-electron chi connectivity index (χ4n) is 5.96. The summed E-state index contributed by atoms with van der Waals surface area (Å²) in [5, 5.41) is 14.0. The van der Waals surface area contributed by atoms with Crippen molar-refractivity contribution in [2.75, 3.05) is 5.32 Å². The van der Waals surface area contributed by atoms with Crippen molar-refractivity contribution in [1.29, 1.82) is 0 Å². The summed E-state index contributed by atoms with van der Waals surface area (Å²) in [5.41, 5.74) is 3.99. The molecule has 3 aromatic rings. The number of aromatic nitrogens is 5. The predicted octanol–water partition coefficient (Wildman–Crippen LogP) is 5.85. The SMILES string of the molecule is CC1CCCC([n+]2ccc(C(C)C)cc2-c2nc3nc(C(C)O)nc(NC(C)C4CCC4)c3n2C)C1. The summed E-state index contributed by atoms with van der Waals surface area (Å²) in [5.74, 6) is 3.92. The average Bonchev–Trinajstić information content (AvgIpc) is 3.13. The number of anilines is 1. The van der Waals surface area contributed by atoms with Gasteiger partial charge in [0.15, 0.2) is 29.5 Å². The zero-order valence-electron chi connectivity index (χ0n) is 22.8. The Morgan fingerprint density at radius 2 is 1.81 bits per heavy atom. The van der Waals surface area contributed by atoms with Crippen LogP contribution in [0, 0.1) is 11.8 Å². The maximum atomic E-state index is 10.3. The maximum absolute atomic E-state index is 10.3. The van der Waals surface area contributed by atoms with Crippen LogP contribution in [0.4, 0.5) is 5.82 Å². The molecule has 0 saturated heterocycles. The van der Waals surface area contributed by atoms with E-state index in [1.54, 1.807) is 6.92 Å². The third-order valence-electron chi connectivity index (χ3n) is 8.55. The molecule has 3 aromatic heterocycles. The number of fused-ring (bicyclic) bond motifs is 1. The lowest BCUT2D eigenvalue weighted by Crippen LogP contribution is -2.44. The van der Waals surface area contributed by atoms with Gasteiger partial charge >= 0.3 is 0 Å². The topological polar surface area (TPSA) is 79.7 Å². The van der Waals surface area contributed by atoms with Gasteiger partial charge < -0.3 is 15.0 Å². The molecule has 36 heavy (non-hydrogen) atoms. The van der Waals surface area contributed by atoms with Crippen LogP contribution in [0.3, 0.4) is 0 Å². The van der Waals surface area contributed by atoms with Crippen LogP contribution in [-0.4, -0.2) is 30.7 Å². The largest absolute Gasteiger partial charge is 0.385 e. The molecule has 3 heterocycles. The van der Waals surface area contributed by atoms with Crippen molar-refractivity contribution in [1.82, 2.24) is 19.5 Å². The Morgan fingerprint density at radius 3 is 2.44 bits per heavy atom. The molecule has 2 fully saturated rings. The minimum Gasteiger partial charge on any atom is -0.385 e. The van der Waals surface area contributed by atoms with Gasteiger partial charge in [0.05, 0.1) is 0 Å². The van der Waals surface area contributed by atoms with E-state index in [9.17, 15) is 5.11 Å². The molecule has 4 atom stereocenters. The lowest BCUT2D eigenvalue weighted by atomic mass is 9.80. The van der Waals surface area contributed by atoms with E-state index in [1.165, 1.54) is 50.5 Å². The number of rotatable bonds is 7. The minimum absolute atomic E-state index is 0.315. The molecule has 5 rings (SSSR count). The molecule has 194 valence electrons. The van der Waals surface area contributed by atoms with Gasteiger partial charge in [0.1, 0.15) is 11.6 Å². The number of hydrogen-bond acceptors (Lipinski definition) is 5. The Morgan fingerprint density at radius 1 is 1.06 bits per heavy atom. The number of pyridine rings is 1. The fraction of sp³-hybridized carbons (Fsp3) is 0.655. The van der Waals surface area contributed by atoms with Crippen LogP contribution in [-0.2, 0) is 7.05 Å². The number of nitrogens with zero attached hydrogens (tertiary/aromatic N) is 5. The van der Waals surface area contributed by atoms with Crippen molar-refractivity contribution in [3.8, 4) is 11.5 Å². The number of aliphatic hydroxyl groups is 1. The highest BCUT2D eigenvalue weighted by atomic mass is 16.3. The van der Waals surface area contributed by atoms with Gasteiger partial charge in [-0.2, -0.15) is 4.57 Å². The maximum Gasteiger partial charge on any atom is 0.249 e. The van der Waals surface area contributed by atoms with Crippen LogP contribution >= 0.6 is 0 Å². The number of imidazole rings is 1. The molecule has 2 saturated carbocycles. The molecule has 2 N–H and O–H groups in total. The number of hydrogen-bond donors (Lipinski definition) is 2. The zero-order valence-corrected chi connectivity index (χ0v) is 22.8. The summed E-state index contributed by atoms with van der Waals surface area (Å²) in [7, 11) is 2.07. The van der Waals surface area contributed by atoms with E-state index in [0.717, 1.165) is 28.8 Å². The van der Waals surface area contributed by atoms with Crippen molar-refractivity contribution in [3.05, 3.63) is 29.7 Å². The Hall–Kier alpha value is -2.54. The van der Waals surface area contributed by atoms with Gasteiger partial charge in [0.2, 0.25) is 11.5 Å². The van der Waals surface area contributed by atoms with Gasteiger partial charge in [-0.1, -0.05) is 33.6 Å². The smallest absolute Gasteiger partial charge is 0.249 e. The summed E-state index contributed by atoms with van der Waals surface area (Å²) in [6, 6.07) is 5.38. The second-order valence-electron chi connectivity index (χ2n) is 11.7. The molecule has 0 bridgehead atoms. The monoisotopic (exact) mass is 491 g/mol. The van der Waals surface area contributed by atoms with Gasteiger partial charge in [-0.15, -0.1) is 0 Å². The molecular weight excluding hydrogens is 448 g/mol. The summed E-state index contributed by atoms with van der Waals surface area (Å²) in [6.07, 6.45) is 10.3. The first-order valence-electron chi connectivity index (χ1n) is 14.0. The first-order valence-corrected chi connectivity index (χ1v) is 14.0. The van der Waals surface area contributed by atoms with Crippen molar-refractivity contribution in [3.63, 3.8) is 0 Å². The number of nitrogens with one attached hydrogen (secondary N) is 1. The summed E-state index contributed by atoms with van der Waals surface area (Å²) in [4.78, 5) is 14.6. The van der Waals surface area contributed by atoms with Gasteiger partial charge in [0.25, 0.3) is 0 Å². The quantitative estimate of drug-likeness (QED) is 0.406. The Labute approximate surface area is 215 Å². The van der Waals surface area contributed by atoms with Gasteiger partial charge in [0, 0.05) is 38.1 Å². The number of aliphatic hydroxyl groups excluding tert-OH is 1. The van der Waals surface area contributed by atoms with Crippen LogP contribution in [0.1, 0.15) is 109 Å². The first kappa shape index (κ1) is 25.1. The highest BCUT2D eigenvalue weighted by Gasteiger charge is 2.32. The van der Waals surface area contributed by atoms with Crippen molar-refractivity contribution < 1.29 is 9.67 Å². The highest BCUT2D eigenvalue weighted by Crippen LogP contribution is 2.35. The molecule has 0 radical (unpaired) electrons. The molecule has 7 nitrogen and oxygen atoms in total. The standard InChI is InChI=1S/C29H43N6O/c1-17(2)22-13-14-35(23-12-7-9-18(3)15-23)24(16-22)29-33-28-25(34(29)6)27(31-26(32-28)20(5)36)30-19(4)21-10-8-11-21/h13-14,16-21,23,36H,7-12,15H2,1-6H3,(H,30,31,32,33)/q+1. The first-order chi connectivity index (χ1) is 17.2. The minimum atomic E-state index is -0.752. The molecule has 0 spiro atoms. The molecule has 0 aromatic carbocycles. The highest BCUT2D eigenvalue weighted by molar-refractivity contribution is 5.86. The summed E-state index contributed by atoms with van der Waals surface area (Å²) in [6.45, 7) is 10.8. The average molecular weight is 492 g/mol. The van der Waals surface area contributed by atoms with Gasteiger partial charge in [-0.25, -0.2) is 15.0 Å². The number of aryl methyl sites for hydroxylation is 1. The fourth-order valence-corrected chi connectivity index (χ4v) is 5.96. The zero-order chi connectivity index (χ0) is 25.6. The van der Waals surface area contributed by atoms with Crippen molar-refractivity contribution >= 4 is 17.0 Å². The van der Waals surface area contributed by atoms with E-state index < -0.39 is 6.10 Å². The summed E-state index contributed by atoms with van der Waals surface area (Å²) < 4.78 is 4.61. The van der Waals surface area contributed by atoms with E-state index in [0.29, 0.717) is 35.4 Å². The van der Waals surface area contributed by atoms with Gasteiger partial charge in [-0.3, -0.25) is 0 Å². The van der Waals surface area contributed by atoms with Crippen molar-refractivity contribution in [2.45, 2.75) is 104 Å². The molecule has 7 heteroatoms. The van der Waals surface area contributed by atoms with Crippen molar-refractivity contribution in [2.24, 2.45) is 18.9 Å². The van der Waals surface area contributed by atoms with Crippen LogP contribution in [0.25, 0.3) is 22.7 Å².